The van der Waals surface area contributed by atoms with Gasteiger partial charge >= 0.3 is 5.97 Å². The molecule has 10 heteroatoms. The summed E-state index contributed by atoms with van der Waals surface area (Å²) in [4.78, 5) is 42.2. The molecule has 1 aliphatic rings. The number of nitrogens with one attached hydrogen (secondary N) is 2. The van der Waals surface area contributed by atoms with Crippen LogP contribution in [-0.2, 0) is 4.74 Å². The predicted octanol–water partition coefficient (Wildman–Crippen LogP) is 4.76. The lowest BCUT2D eigenvalue weighted by Gasteiger charge is -2.26. The van der Waals surface area contributed by atoms with Gasteiger partial charge in [-0.05, 0) is 82.1 Å². The van der Waals surface area contributed by atoms with Crippen LogP contribution in [0.1, 0.15) is 69.1 Å². The van der Waals surface area contributed by atoms with Crippen molar-refractivity contribution >= 4 is 57.1 Å². The van der Waals surface area contributed by atoms with E-state index in [2.05, 4.69) is 10.6 Å². The first-order valence-electron chi connectivity index (χ1n) is 11.8. The lowest BCUT2D eigenvalue weighted by molar-refractivity contribution is 0.0601. The summed E-state index contributed by atoms with van der Waals surface area (Å²) in [5.41, 5.74) is 2.19. The average Bonchev–Trinajstić information content (AvgIpc) is 3.20. The van der Waals surface area contributed by atoms with Crippen LogP contribution in [0.2, 0.25) is 0 Å². The molecule has 0 radical (unpaired) electrons. The van der Waals surface area contributed by atoms with E-state index >= 15 is 0 Å². The zero-order valence-corrected chi connectivity index (χ0v) is 22.2. The average molecular weight is 517 g/mol. The van der Waals surface area contributed by atoms with Crippen LogP contribution in [0.25, 0.3) is 0 Å². The summed E-state index contributed by atoms with van der Waals surface area (Å²) in [6.07, 6.45) is 3.26. The molecule has 0 bridgehead atoms. The van der Waals surface area contributed by atoms with Gasteiger partial charge in [0.05, 0.1) is 17.6 Å². The minimum atomic E-state index is -0.539. The number of benzene rings is 1. The van der Waals surface area contributed by atoms with Crippen molar-refractivity contribution in [3.63, 3.8) is 0 Å². The number of nitrogens with zero attached hydrogens (tertiary/aromatic N) is 2. The van der Waals surface area contributed by atoms with Crippen molar-refractivity contribution in [1.29, 1.82) is 0 Å². The number of anilines is 2. The fourth-order valence-corrected chi connectivity index (χ4v) is 5.50. The highest BCUT2D eigenvalue weighted by Gasteiger charge is 2.27. The van der Waals surface area contributed by atoms with Crippen molar-refractivity contribution in [2.24, 2.45) is 0 Å². The number of amides is 2. The van der Waals surface area contributed by atoms with E-state index in [0.29, 0.717) is 45.3 Å². The quantitative estimate of drug-likeness (QED) is 0.405. The first-order chi connectivity index (χ1) is 16.8. The Morgan fingerprint density at radius 3 is 2.26 bits per heavy atom. The molecule has 1 fully saturated rings. The maximum Gasteiger partial charge on any atom is 0.341 e. The van der Waals surface area contributed by atoms with Gasteiger partial charge in [0, 0.05) is 37.4 Å². The van der Waals surface area contributed by atoms with E-state index in [4.69, 9.17) is 17.0 Å². The number of ether oxygens (including phenoxy) is 1. The number of likely N-dealkylation sites (tertiary alicyclic amines) is 1. The van der Waals surface area contributed by atoms with E-state index in [1.165, 1.54) is 24.9 Å². The van der Waals surface area contributed by atoms with Gasteiger partial charge < -0.3 is 25.2 Å². The van der Waals surface area contributed by atoms with Crippen molar-refractivity contribution in [3.8, 4) is 0 Å². The third-order valence-corrected chi connectivity index (χ3v) is 7.44. The van der Waals surface area contributed by atoms with Crippen LogP contribution < -0.4 is 10.6 Å². The van der Waals surface area contributed by atoms with Crippen LogP contribution in [0.15, 0.2) is 24.3 Å². The molecule has 1 saturated heterocycles. The van der Waals surface area contributed by atoms with Crippen LogP contribution in [0, 0.1) is 6.92 Å². The van der Waals surface area contributed by atoms with E-state index in [0.717, 1.165) is 25.9 Å². The number of thiocarbonyl (C=S) groups is 1. The molecule has 35 heavy (non-hydrogen) atoms. The van der Waals surface area contributed by atoms with Gasteiger partial charge in [-0.15, -0.1) is 11.3 Å². The Hall–Kier alpha value is -2.98. The summed E-state index contributed by atoms with van der Waals surface area (Å²) in [7, 11) is 1.30. The minimum absolute atomic E-state index is 0.0409. The fourth-order valence-electron chi connectivity index (χ4n) is 4.05. The lowest BCUT2D eigenvalue weighted by atomic mass is 10.1. The molecule has 1 aromatic heterocycles. The molecule has 2 N–H and O–H groups in total. The minimum Gasteiger partial charge on any atom is -0.465 e. The molecule has 2 heterocycles. The smallest absolute Gasteiger partial charge is 0.341 e. The third kappa shape index (κ3) is 6.18. The molecule has 1 aliphatic heterocycles. The number of carbonyl (C=O) groups is 3. The SMILES string of the molecule is CCN(CC)C(=O)c1sc(NC(=S)Nc2ccc(C(=O)N3CCCCC3)cc2)c(C(=O)OC)c1C. The van der Waals surface area contributed by atoms with Crippen molar-refractivity contribution in [2.75, 3.05) is 43.9 Å². The second-order valence-electron chi connectivity index (χ2n) is 8.24. The van der Waals surface area contributed by atoms with Crippen LogP contribution in [0.3, 0.4) is 0 Å². The van der Waals surface area contributed by atoms with Gasteiger partial charge in [-0.2, -0.15) is 0 Å². The van der Waals surface area contributed by atoms with E-state index in [-0.39, 0.29) is 16.9 Å². The standard InChI is InChI=1S/C25H32N4O4S2/c1-5-28(6-2)23(31)20-16(3)19(24(32)33-4)21(35-20)27-25(34)26-18-12-10-17(11-13-18)22(30)29-14-8-7-9-15-29/h10-13H,5-9,14-15H2,1-4H3,(H2,26,27,34). The first kappa shape index (κ1) is 26.6. The predicted molar refractivity (Wildman–Crippen MR) is 144 cm³/mol. The zero-order valence-electron chi connectivity index (χ0n) is 20.6. The molecular weight excluding hydrogens is 484 g/mol. The number of thiophene rings is 1. The fraction of sp³-hybridized carbons (Fsp3) is 0.440. The Morgan fingerprint density at radius 1 is 1.06 bits per heavy atom. The maximum atomic E-state index is 13.0. The molecule has 2 aromatic rings. The Balaban J connectivity index is 1.74. The number of rotatable bonds is 7. The van der Waals surface area contributed by atoms with Crippen molar-refractivity contribution in [2.45, 2.75) is 40.0 Å². The highest BCUT2D eigenvalue weighted by atomic mass is 32.1. The molecule has 0 unspecified atom stereocenters. The van der Waals surface area contributed by atoms with E-state index in [1.807, 2.05) is 18.7 Å². The number of esters is 1. The van der Waals surface area contributed by atoms with Crippen molar-refractivity contribution in [3.05, 3.63) is 45.8 Å². The van der Waals surface area contributed by atoms with Gasteiger partial charge in [0.2, 0.25) is 0 Å². The number of carbonyl (C=O) groups excluding carboxylic acids is 3. The van der Waals surface area contributed by atoms with Gasteiger partial charge in [0.15, 0.2) is 5.11 Å². The molecule has 0 aliphatic carbocycles. The highest BCUT2D eigenvalue weighted by Crippen LogP contribution is 2.34. The molecule has 0 saturated carbocycles. The summed E-state index contributed by atoms with van der Waals surface area (Å²) in [5, 5.41) is 6.83. The van der Waals surface area contributed by atoms with Crippen LogP contribution in [-0.4, -0.2) is 66.0 Å². The van der Waals surface area contributed by atoms with Crippen LogP contribution >= 0.6 is 23.6 Å². The van der Waals surface area contributed by atoms with Gasteiger partial charge in [-0.25, -0.2) is 4.79 Å². The Labute approximate surface area is 215 Å². The van der Waals surface area contributed by atoms with Crippen LogP contribution in [0.5, 0.6) is 0 Å². The van der Waals surface area contributed by atoms with Crippen molar-refractivity contribution < 1.29 is 19.1 Å². The van der Waals surface area contributed by atoms with Gasteiger partial charge in [0.1, 0.15) is 5.00 Å². The molecule has 3 rings (SSSR count). The van der Waals surface area contributed by atoms with Gasteiger partial charge in [0.25, 0.3) is 11.8 Å². The first-order valence-corrected chi connectivity index (χ1v) is 13.0. The third-order valence-electron chi connectivity index (χ3n) is 6.04. The Kier molecular flexibility index (Phi) is 9.22. The molecule has 1 aromatic carbocycles. The Bertz CT molecular complexity index is 1090. The van der Waals surface area contributed by atoms with E-state index in [9.17, 15) is 14.4 Å². The summed E-state index contributed by atoms with van der Waals surface area (Å²) in [6.45, 7) is 8.30. The summed E-state index contributed by atoms with van der Waals surface area (Å²) >= 11 is 6.64. The normalized spacial score (nSPS) is 13.2. The van der Waals surface area contributed by atoms with E-state index in [1.54, 1.807) is 36.1 Å². The van der Waals surface area contributed by atoms with Gasteiger partial charge in [-0.3, -0.25) is 9.59 Å². The number of hydrogen-bond donors (Lipinski definition) is 2. The van der Waals surface area contributed by atoms with Crippen molar-refractivity contribution in [1.82, 2.24) is 9.80 Å². The second kappa shape index (κ2) is 12.1. The lowest BCUT2D eigenvalue weighted by Crippen LogP contribution is -2.35. The largest absolute Gasteiger partial charge is 0.465 e. The van der Waals surface area contributed by atoms with Gasteiger partial charge in [-0.1, -0.05) is 0 Å². The second-order valence-corrected chi connectivity index (χ2v) is 9.67. The summed E-state index contributed by atoms with van der Waals surface area (Å²) in [6, 6.07) is 7.14. The van der Waals surface area contributed by atoms with E-state index < -0.39 is 5.97 Å². The molecule has 188 valence electrons. The topological polar surface area (TPSA) is 91.0 Å². The molecule has 0 atom stereocenters. The molecule has 0 spiro atoms. The number of piperidine rings is 1. The van der Waals surface area contributed by atoms with Crippen LogP contribution in [0.4, 0.5) is 10.7 Å². The highest BCUT2D eigenvalue weighted by molar-refractivity contribution is 7.80. The molecule has 2 amide bonds. The number of hydrogen-bond acceptors (Lipinski definition) is 6. The maximum absolute atomic E-state index is 13.0. The zero-order chi connectivity index (χ0) is 25.5. The molecule has 8 nitrogen and oxygen atoms in total. The monoisotopic (exact) mass is 516 g/mol. The Morgan fingerprint density at radius 2 is 1.69 bits per heavy atom. The molecular formula is C25H32N4O4S2. The number of methoxy groups -OCH3 is 1. The summed E-state index contributed by atoms with van der Waals surface area (Å²) < 4.78 is 4.95. The summed E-state index contributed by atoms with van der Waals surface area (Å²) in [5.74, 6) is -0.633.